The second-order valence-corrected chi connectivity index (χ2v) is 8.53. The highest BCUT2D eigenvalue weighted by molar-refractivity contribution is 7.86. The predicted molar refractivity (Wildman–Crippen MR) is 114 cm³/mol. The highest BCUT2D eigenvalue weighted by Crippen LogP contribution is 2.30. The third-order valence-corrected chi connectivity index (χ3v) is 4.96. The third-order valence-electron chi connectivity index (χ3n) is 4.48. The van der Waals surface area contributed by atoms with Crippen molar-refractivity contribution in [3.8, 4) is 11.5 Å². The van der Waals surface area contributed by atoms with E-state index in [9.17, 15) is 13.2 Å². The lowest BCUT2D eigenvalue weighted by molar-refractivity contribution is 0.187. The Morgan fingerprint density at radius 2 is 1.90 bits per heavy atom. The van der Waals surface area contributed by atoms with E-state index in [-0.39, 0.29) is 24.4 Å². The van der Waals surface area contributed by atoms with E-state index in [1.165, 1.54) is 7.11 Å². The highest BCUT2D eigenvalue weighted by atomic mass is 32.2. The fourth-order valence-electron chi connectivity index (χ4n) is 2.81. The fraction of sp³-hybridized carbons (Fsp3) is 0.381. The zero-order valence-electron chi connectivity index (χ0n) is 17.4. The summed E-state index contributed by atoms with van der Waals surface area (Å²) in [4.78, 5) is 14.6. The van der Waals surface area contributed by atoms with E-state index in [1.54, 1.807) is 23.1 Å². The number of carbonyl (C=O) groups is 1. The molecule has 2 aromatic rings. The van der Waals surface area contributed by atoms with E-state index in [2.05, 4.69) is 5.32 Å². The zero-order valence-corrected chi connectivity index (χ0v) is 18.2. The Hall–Kier alpha value is -2.74. The lowest BCUT2D eigenvalue weighted by atomic mass is 10.1. The van der Waals surface area contributed by atoms with Crippen molar-refractivity contribution in [3.05, 3.63) is 53.6 Å². The van der Waals surface area contributed by atoms with E-state index in [0.717, 1.165) is 29.5 Å². The number of hydrogen-bond donors (Lipinski definition) is 1. The van der Waals surface area contributed by atoms with Crippen LogP contribution < -0.4 is 14.2 Å². The first kappa shape index (κ1) is 22.5. The summed E-state index contributed by atoms with van der Waals surface area (Å²) >= 11 is 0. The van der Waals surface area contributed by atoms with Crippen LogP contribution >= 0.6 is 0 Å². The third kappa shape index (κ3) is 6.67. The second-order valence-electron chi connectivity index (χ2n) is 6.96. The van der Waals surface area contributed by atoms with Gasteiger partial charge in [-0.3, -0.25) is 0 Å². The largest absolute Gasteiger partial charge is 0.493 e. The first-order valence-electron chi connectivity index (χ1n) is 9.33. The predicted octanol–water partition coefficient (Wildman–Crippen LogP) is 4.17. The van der Waals surface area contributed by atoms with Crippen LogP contribution in [-0.4, -0.2) is 38.8 Å². The van der Waals surface area contributed by atoms with Crippen molar-refractivity contribution in [1.29, 1.82) is 0 Å². The number of amides is 2. The van der Waals surface area contributed by atoms with Crippen molar-refractivity contribution in [2.45, 2.75) is 39.8 Å². The highest BCUT2D eigenvalue weighted by Gasteiger charge is 2.21. The maximum atomic E-state index is 12.9. The standard InChI is InChI=1S/C21H28N2O5S/c1-6-16(3)23(21(24)22-18-9-7-8-15(2)12-18)14-17-10-11-19(27-4)20(13-17)28-29(5,25)26/h7-13,16H,6,14H2,1-5H3,(H,22,24). The van der Waals surface area contributed by atoms with Gasteiger partial charge < -0.3 is 19.1 Å². The van der Waals surface area contributed by atoms with Gasteiger partial charge in [0.05, 0.1) is 13.4 Å². The maximum absolute atomic E-state index is 12.9. The molecule has 158 valence electrons. The Balaban J connectivity index is 2.27. The van der Waals surface area contributed by atoms with Crippen molar-refractivity contribution in [2.75, 3.05) is 18.7 Å². The average Bonchev–Trinajstić information content (AvgIpc) is 2.64. The van der Waals surface area contributed by atoms with E-state index in [4.69, 9.17) is 8.92 Å². The molecule has 1 atom stereocenters. The lowest BCUT2D eigenvalue weighted by Crippen LogP contribution is -2.40. The molecule has 2 aromatic carbocycles. The minimum absolute atomic E-state index is 0.0267. The van der Waals surface area contributed by atoms with Crippen LogP contribution in [0.5, 0.6) is 11.5 Å². The summed E-state index contributed by atoms with van der Waals surface area (Å²) in [6, 6.07) is 12.3. The minimum Gasteiger partial charge on any atom is -0.493 e. The average molecular weight is 421 g/mol. The van der Waals surface area contributed by atoms with Gasteiger partial charge in [0.1, 0.15) is 0 Å². The SMILES string of the molecule is CCC(C)N(Cc1ccc(OC)c(OS(C)(=O)=O)c1)C(=O)Nc1cccc(C)c1. The van der Waals surface area contributed by atoms with Crippen LogP contribution in [0.1, 0.15) is 31.4 Å². The fourth-order valence-corrected chi connectivity index (χ4v) is 3.27. The molecule has 0 bridgehead atoms. The molecule has 0 aliphatic rings. The molecule has 1 N–H and O–H groups in total. The summed E-state index contributed by atoms with van der Waals surface area (Å²) in [5.41, 5.74) is 2.50. The van der Waals surface area contributed by atoms with Gasteiger partial charge in [-0.1, -0.05) is 25.1 Å². The first-order valence-corrected chi connectivity index (χ1v) is 11.1. The molecule has 2 rings (SSSR count). The molecule has 0 heterocycles. The summed E-state index contributed by atoms with van der Waals surface area (Å²) in [5.74, 6) is 0.397. The van der Waals surface area contributed by atoms with Gasteiger partial charge >= 0.3 is 16.1 Å². The molecule has 0 aromatic heterocycles. The molecule has 1 unspecified atom stereocenters. The van der Waals surface area contributed by atoms with E-state index in [0.29, 0.717) is 5.75 Å². The molecule has 0 saturated carbocycles. The van der Waals surface area contributed by atoms with Crippen LogP contribution in [0, 0.1) is 6.92 Å². The molecule has 0 radical (unpaired) electrons. The molecular formula is C21H28N2O5S. The van der Waals surface area contributed by atoms with E-state index >= 15 is 0 Å². The Kier molecular flexibility index (Phi) is 7.50. The van der Waals surface area contributed by atoms with Crippen LogP contribution in [-0.2, 0) is 16.7 Å². The summed E-state index contributed by atoms with van der Waals surface area (Å²) in [6.45, 7) is 6.22. The lowest BCUT2D eigenvalue weighted by Gasteiger charge is -2.29. The number of carbonyl (C=O) groups excluding carboxylic acids is 1. The quantitative estimate of drug-likeness (QED) is 0.648. The molecule has 29 heavy (non-hydrogen) atoms. The molecule has 0 spiro atoms. The number of urea groups is 1. The van der Waals surface area contributed by atoms with E-state index < -0.39 is 10.1 Å². The van der Waals surface area contributed by atoms with Crippen LogP contribution in [0.15, 0.2) is 42.5 Å². The molecule has 8 heteroatoms. The number of benzene rings is 2. The Morgan fingerprint density at radius 3 is 2.48 bits per heavy atom. The molecular weight excluding hydrogens is 392 g/mol. The summed E-state index contributed by atoms with van der Waals surface area (Å²) in [6.07, 6.45) is 1.74. The minimum atomic E-state index is -3.71. The summed E-state index contributed by atoms with van der Waals surface area (Å²) in [5, 5.41) is 2.93. The van der Waals surface area contributed by atoms with Gasteiger partial charge in [-0.2, -0.15) is 8.42 Å². The van der Waals surface area contributed by atoms with Crippen LogP contribution in [0.4, 0.5) is 10.5 Å². The molecule has 7 nitrogen and oxygen atoms in total. The van der Waals surface area contributed by atoms with Gasteiger partial charge in [0.2, 0.25) is 0 Å². The Bertz CT molecular complexity index is 959. The van der Waals surface area contributed by atoms with Gasteiger partial charge in [0.15, 0.2) is 11.5 Å². The van der Waals surface area contributed by atoms with Crippen LogP contribution in [0.25, 0.3) is 0 Å². The number of aryl methyl sites for hydroxylation is 1. The number of rotatable bonds is 8. The van der Waals surface area contributed by atoms with Crippen molar-refractivity contribution in [1.82, 2.24) is 4.90 Å². The zero-order chi connectivity index (χ0) is 21.6. The number of methoxy groups -OCH3 is 1. The maximum Gasteiger partial charge on any atom is 0.322 e. The monoisotopic (exact) mass is 420 g/mol. The van der Waals surface area contributed by atoms with Gasteiger partial charge in [0, 0.05) is 18.3 Å². The number of ether oxygens (including phenoxy) is 1. The molecule has 0 fully saturated rings. The number of anilines is 1. The van der Waals surface area contributed by atoms with Gasteiger partial charge in [-0.15, -0.1) is 0 Å². The molecule has 0 aliphatic carbocycles. The number of hydrogen-bond acceptors (Lipinski definition) is 5. The van der Waals surface area contributed by atoms with E-state index in [1.807, 2.05) is 45.0 Å². The number of nitrogens with zero attached hydrogens (tertiary/aromatic N) is 1. The topological polar surface area (TPSA) is 84.9 Å². The van der Waals surface area contributed by atoms with Crippen molar-refractivity contribution < 1.29 is 22.1 Å². The van der Waals surface area contributed by atoms with Crippen LogP contribution in [0.3, 0.4) is 0 Å². The smallest absolute Gasteiger partial charge is 0.322 e. The van der Waals surface area contributed by atoms with Gasteiger partial charge in [0.25, 0.3) is 0 Å². The normalized spacial score (nSPS) is 12.2. The van der Waals surface area contributed by atoms with Gasteiger partial charge in [-0.05, 0) is 55.7 Å². The van der Waals surface area contributed by atoms with Crippen molar-refractivity contribution >= 4 is 21.8 Å². The van der Waals surface area contributed by atoms with Gasteiger partial charge in [-0.25, -0.2) is 4.79 Å². The van der Waals surface area contributed by atoms with Crippen molar-refractivity contribution in [3.63, 3.8) is 0 Å². The Morgan fingerprint density at radius 1 is 1.17 bits per heavy atom. The number of nitrogens with one attached hydrogen (secondary N) is 1. The van der Waals surface area contributed by atoms with Crippen LogP contribution in [0.2, 0.25) is 0 Å². The summed E-state index contributed by atoms with van der Waals surface area (Å²) in [7, 11) is -2.27. The summed E-state index contributed by atoms with van der Waals surface area (Å²) < 4.78 is 33.3. The first-order chi connectivity index (χ1) is 13.6. The van der Waals surface area contributed by atoms with Crippen molar-refractivity contribution in [2.24, 2.45) is 0 Å². The Labute approximate surface area is 172 Å². The molecule has 0 aliphatic heterocycles. The molecule has 2 amide bonds. The second kappa shape index (κ2) is 9.65. The molecule has 0 saturated heterocycles.